The molecule has 11 nitrogen and oxygen atoms in total. The third-order valence-electron chi connectivity index (χ3n) is 12.0. The largest absolute Gasteiger partial charge is 0.497 e. The highest BCUT2D eigenvalue weighted by molar-refractivity contribution is 6.91. The summed E-state index contributed by atoms with van der Waals surface area (Å²) in [6, 6.07) is 13.7. The zero-order valence-electron chi connectivity index (χ0n) is 30.7. The number of carbonyl (C=O) groups excluding carboxylic acids is 4. The molecule has 0 radical (unpaired) electrons. The summed E-state index contributed by atoms with van der Waals surface area (Å²) in [5.74, 6) is -0.00908. The lowest BCUT2D eigenvalue weighted by atomic mass is 9.82. The van der Waals surface area contributed by atoms with Crippen LogP contribution in [0.4, 0.5) is 11.4 Å². The van der Waals surface area contributed by atoms with E-state index in [1.807, 2.05) is 35.2 Å². The van der Waals surface area contributed by atoms with Crippen molar-refractivity contribution in [2.45, 2.75) is 101 Å². The molecule has 3 amide bonds. The number of nitrogens with zero attached hydrogens (tertiary/aromatic N) is 3. The summed E-state index contributed by atoms with van der Waals surface area (Å²) in [7, 11) is 0.517. The van der Waals surface area contributed by atoms with Crippen LogP contribution in [0.5, 0.6) is 5.75 Å². The first-order valence-corrected chi connectivity index (χ1v) is 21.6. The Bertz CT molecular complexity index is 1630. The molecule has 12 heteroatoms. The van der Waals surface area contributed by atoms with Gasteiger partial charge in [0.25, 0.3) is 5.91 Å². The smallest absolute Gasteiger partial charge is 0.305 e. The molecule has 2 aromatic rings. The van der Waals surface area contributed by atoms with Crippen molar-refractivity contribution in [3.63, 3.8) is 0 Å². The van der Waals surface area contributed by atoms with E-state index in [0.29, 0.717) is 38.9 Å². The Kier molecular flexibility index (Phi) is 11.0. The quantitative estimate of drug-likeness (QED) is 0.193. The molecule has 0 aromatic heterocycles. The van der Waals surface area contributed by atoms with Crippen molar-refractivity contribution in [1.82, 2.24) is 4.90 Å². The lowest BCUT2D eigenvalue weighted by Crippen LogP contribution is -2.52. The van der Waals surface area contributed by atoms with Gasteiger partial charge in [-0.2, -0.15) is 0 Å². The van der Waals surface area contributed by atoms with Crippen LogP contribution in [-0.2, 0) is 34.3 Å². The first kappa shape index (κ1) is 37.0. The molecule has 0 aliphatic carbocycles. The number of fused-ring (bicyclic) bond motifs is 2. The summed E-state index contributed by atoms with van der Waals surface area (Å²) in [4.78, 5) is 59.6. The molecule has 0 unspecified atom stereocenters. The molecule has 6 rings (SSSR count). The molecule has 4 aliphatic heterocycles. The van der Waals surface area contributed by atoms with Gasteiger partial charge in [-0.05, 0) is 74.4 Å². The third kappa shape index (κ3) is 6.70. The molecule has 5 atom stereocenters. The average Bonchev–Trinajstić information content (AvgIpc) is 3.80. The van der Waals surface area contributed by atoms with E-state index in [-0.39, 0.29) is 60.6 Å². The molecular weight excluding hydrogens is 667 g/mol. The summed E-state index contributed by atoms with van der Waals surface area (Å²) >= 11 is 0. The van der Waals surface area contributed by atoms with Gasteiger partial charge in [0.05, 0.1) is 53.2 Å². The van der Waals surface area contributed by atoms with Crippen molar-refractivity contribution < 1.29 is 38.5 Å². The van der Waals surface area contributed by atoms with Crippen LogP contribution in [0, 0.1) is 5.92 Å². The number of piperidine rings is 1. The van der Waals surface area contributed by atoms with Crippen molar-refractivity contribution >= 4 is 48.3 Å². The van der Waals surface area contributed by atoms with Crippen LogP contribution in [0.25, 0.3) is 0 Å². The Morgan fingerprint density at radius 1 is 1.02 bits per heavy atom. The number of amides is 3. The van der Waals surface area contributed by atoms with Gasteiger partial charge in [-0.1, -0.05) is 37.3 Å². The number of hydrogen-bond donors (Lipinski definition) is 1. The van der Waals surface area contributed by atoms with Crippen LogP contribution in [0.2, 0.25) is 18.6 Å². The number of hydrogen-bond acceptors (Lipinski definition) is 8. The standard InChI is InChI=1S/C39H53N3O8Si/c1-26-37(51(4,5)30-17-15-29(48-2)16-18-30)33(24-35(45)41-22-10-11-28(41)25-43)50-39(26)31-23-27(40-20-8-6-12-34(40)44)14-19-32(31)42(38(39)47)21-9-7-13-36(46)49-3/h14-19,23,26,28,33,37,43H,6-13,20-22,24-25H2,1-5H3/t26-,28-,33+,37-,39+/m0/s1. The van der Waals surface area contributed by atoms with Crippen LogP contribution in [0.1, 0.15) is 70.3 Å². The van der Waals surface area contributed by atoms with Crippen LogP contribution >= 0.6 is 0 Å². The first-order valence-electron chi connectivity index (χ1n) is 18.5. The van der Waals surface area contributed by atoms with Crippen molar-refractivity contribution in [3.8, 4) is 5.75 Å². The predicted molar refractivity (Wildman–Crippen MR) is 197 cm³/mol. The SMILES string of the molecule is COC(=O)CCCCN1C(=O)[C@]2(O[C@H](CC(=O)N3CCC[C@H]3CO)[C@@H]([Si](C)(C)c3ccc(OC)cc3)[C@@H]2C)c2cc(N3CCCCC3=O)ccc21. The minimum Gasteiger partial charge on any atom is -0.497 e. The van der Waals surface area contributed by atoms with Crippen molar-refractivity contribution in [2.24, 2.45) is 5.92 Å². The Morgan fingerprint density at radius 3 is 2.47 bits per heavy atom. The topological polar surface area (TPSA) is 126 Å². The average molecular weight is 720 g/mol. The van der Waals surface area contributed by atoms with Crippen molar-refractivity contribution in [1.29, 1.82) is 0 Å². The third-order valence-corrected chi connectivity index (χ3v) is 16.3. The van der Waals surface area contributed by atoms with Gasteiger partial charge in [0, 0.05) is 49.6 Å². The summed E-state index contributed by atoms with van der Waals surface area (Å²) in [5.41, 5.74) is 0.714. The Hall–Kier alpha value is -3.74. The van der Waals surface area contributed by atoms with E-state index in [0.717, 1.165) is 48.4 Å². The summed E-state index contributed by atoms with van der Waals surface area (Å²) in [6.45, 7) is 8.19. The molecule has 51 heavy (non-hydrogen) atoms. The summed E-state index contributed by atoms with van der Waals surface area (Å²) < 4.78 is 17.5. The fraction of sp³-hybridized carbons (Fsp3) is 0.590. The van der Waals surface area contributed by atoms with Gasteiger partial charge in [-0.3, -0.25) is 19.2 Å². The molecule has 3 fully saturated rings. The summed E-state index contributed by atoms with van der Waals surface area (Å²) in [6.07, 6.45) is 4.81. The van der Waals surface area contributed by atoms with Gasteiger partial charge in [0.2, 0.25) is 11.8 Å². The normalized spacial score (nSPS) is 26.3. The van der Waals surface area contributed by atoms with Gasteiger partial charge < -0.3 is 34.0 Å². The zero-order chi connectivity index (χ0) is 36.5. The van der Waals surface area contributed by atoms with E-state index in [2.05, 4.69) is 32.2 Å². The Balaban J connectivity index is 1.43. The molecule has 2 aromatic carbocycles. The number of esters is 1. The number of likely N-dealkylation sites (tertiary alicyclic amines) is 1. The number of carbonyl (C=O) groups is 4. The van der Waals surface area contributed by atoms with Gasteiger partial charge in [-0.15, -0.1) is 0 Å². The molecule has 0 saturated carbocycles. The molecule has 4 aliphatic rings. The van der Waals surface area contributed by atoms with Crippen LogP contribution in [0.15, 0.2) is 42.5 Å². The Morgan fingerprint density at radius 2 is 1.78 bits per heavy atom. The number of rotatable bonds is 12. The van der Waals surface area contributed by atoms with Crippen LogP contribution in [-0.4, -0.2) is 94.4 Å². The maximum Gasteiger partial charge on any atom is 0.305 e. The number of unbranched alkanes of at least 4 members (excludes halogenated alkanes) is 1. The minimum atomic E-state index is -2.50. The molecule has 1 spiro atoms. The van der Waals surface area contributed by atoms with Gasteiger partial charge >= 0.3 is 5.97 Å². The number of ether oxygens (including phenoxy) is 3. The van der Waals surface area contributed by atoms with E-state index < -0.39 is 19.8 Å². The van der Waals surface area contributed by atoms with Gasteiger partial charge in [0.1, 0.15) is 5.75 Å². The molecule has 4 heterocycles. The highest BCUT2D eigenvalue weighted by Gasteiger charge is 2.66. The fourth-order valence-electron chi connectivity index (χ4n) is 9.25. The van der Waals surface area contributed by atoms with Crippen molar-refractivity contribution in [3.05, 3.63) is 48.0 Å². The number of aliphatic hydroxyl groups is 1. The number of anilines is 2. The monoisotopic (exact) mass is 719 g/mol. The molecule has 1 N–H and O–H groups in total. The number of benzene rings is 2. The lowest BCUT2D eigenvalue weighted by molar-refractivity contribution is -0.150. The Labute approximate surface area is 302 Å². The molecule has 0 bridgehead atoms. The zero-order valence-corrected chi connectivity index (χ0v) is 31.7. The minimum absolute atomic E-state index is 0.0664. The van der Waals surface area contributed by atoms with Crippen molar-refractivity contribution in [2.75, 3.05) is 50.3 Å². The molecule has 276 valence electrons. The van der Waals surface area contributed by atoms with E-state index in [4.69, 9.17) is 14.2 Å². The van der Waals surface area contributed by atoms with Crippen LogP contribution < -0.4 is 19.7 Å². The molecule has 3 saturated heterocycles. The fourth-order valence-corrected chi connectivity index (χ4v) is 13.3. The second-order valence-electron chi connectivity index (χ2n) is 15.1. The number of methoxy groups -OCH3 is 2. The van der Waals surface area contributed by atoms with Gasteiger partial charge in [-0.25, -0.2) is 0 Å². The van der Waals surface area contributed by atoms with E-state index in [1.165, 1.54) is 12.3 Å². The van der Waals surface area contributed by atoms with E-state index in [1.54, 1.807) is 16.9 Å². The van der Waals surface area contributed by atoms with Gasteiger partial charge in [0.15, 0.2) is 5.60 Å². The summed E-state index contributed by atoms with van der Waals surface area (Å²) in [5, 5.41) is 11.2. The van der Waals surface area contributed by atoms with E-state index in [9.17, 15) is 19.5 Å². The molecular formula is C39H53N3O8Si. The maximum atomic E-state index is 15.1. The number of aliphatic hydroxyl groups excluding tert-OH is 1. The lowest BCUT2D eigenvalue weighted by Gasteiger charge is -2.37. The predicted octanol–water partition coefficient (Wildman–Crippen LogP) is 4.49. The highest BCUT2D eigenvalue weighted by Crippen LogP contribution is 2.60. The van der Waals surface area contributed by atoms with E-state index >= 15 is 4.79 Å². The first-order chi connectivity index (χ1) is 24.5. The second-order valence-corrected chi connectivity index (χ2v) is 19.8. The van der Waals surface area contributed by atoms with Crippen LogP contribution in [0.3, 0.4) is 0 Å². The highest BCUT2D eigenvalue weighted by atomic mass is 28.3. The maximum absolute atomic E-state index is 15.1. The second kappa shape index (κ2) is 15.1.